The van der Waals surface area contributed by atoms with Gasteiger partial charge in [-0.25, -0.2) is 4.68 Å². The van der Waals surface area contributed by atoms with Gasteiger partial charge in [-0.05, 0) is 24.3 Å². The fourth-order valence-electron chi connectivity index (χ4n) is 2.59. The lowest BCUT2D eigenvalue weighted by atomic mass is 10.2. The number of rotatable bonds is 1. The minimum absolute atomic E-state index is 0.0751. The van der Waals surface area contributed by atoms with Crippen molar-refractivity contribution in [2.24, 2.45) is 0 Å². The van der Waals surface area contributed by atoms with Crippen molar-refractivity contribution in [1.82, 2.24) is 20.0 Å². The molecule has 0 radical (unpaired) electrons. The van der Waals surface area contributed by atoms with E-state index in [2.05, 4.69) is 15.3 Å². The highest BCUT2D eigenvalue weighted by Crippen LogP contribution is 2.30. The summed E-state index contributed by atoms with van der Waals surface area (Å²) in [5.74, 6) is 0. The monoisotopic (exact) mass is 330 g/mol. The number of alkyl halides is 3. The Hall–Kier alpha value is -3.16. The molecule has 0 saturated heterocycles. The predicted octanol–water partition coefficient (Wildman–Crippen LogP) is 3.28. The van der Waals surface area contributed by atoms with Crippen LogP contribution in [0.4, 0.5) is 13.2 Å². The van der Waals surface area contributed by atoms with Crippen molar-refractivity contribution in [2.75, 3.05) is 0 Å². The first-order valence-corrected chi connectivity index (χ1v) is 6.99. The van der Waals surface area contributed by atoms with Gasteiger partial charge in [0.2, 0.25) is 0 Å². The summed E-state index contributed by atoms with van der Waals surface area (Å²) in [5.41, 5.74) is -0.211. The van der Waals surface area contributed by atoms with Crippen molar-refractivity contribution in [2.45, 2.75) is 6.18 Å². The number of nitrogens with zero attached hydrogens (tertiary/aromatic N) is 3. The summed E-state index contributed by atoms with van der Waals surface area (Å²) in [6.07, 6.45) is -4.49. The van der Waals surface area contributed by atoms with Crippen LogP contribution in [-0.4, -0.2) is 20.0 Å². The molecule has 2 heterocycles. The molecule has 24 heavy (non-hydrogen) atoms. The Balaban J connectivity index is 2.00. The molecule has 4 aromatic rings. The van der Waals surface area contributed by atoms with Crippen molar-refractivity contribution in [3.63, 3.8) is 0 Å². The predicted molar refractivity (Wildman–Crippen MR) is 82.0 cm³/mol. The summed E-state index contributed by atoms with van der Waals surface area (Å²) in [4.78, 5) is 12.5. The van der Waals surface area contributed by atoms with Gasteiger partial charge in [-0.15, -0.1) is 10.2 Å². The van der Waals surface area contributed by atoms with Crippen LogP contribution in [0, 0.1) is 0 Å². The minimum atomic E-state index is -4.49. The zero-order valence-electron chi connectivity index (χ0n) is 12.0. The van der Waals surface area contributed by atoms with Crippen molar-refractivity contribution < 1.29 is 13.2 Å². The van der Waals surface area contributed by atoms with Gasteiger partial charge in [-0.2, -0.15) is 13.2 Å². The van der Waals surface area contributed by atoms with Crippen LogP contribution in [0.15, 0.2) is 53.3 Å². The number of aromatic amines is 1. The number of hydrogen-bond acceptors (Lipinski definition) is 3. The van der Waals surface area contributed by atoms with Gasteiger partial charge < -0.3 is 0 Å². The van der Waals surface area contributed by atoms with Crippen molar-refractivity contribution >= 4 is 21.9 Å². The molecule has 0 saturated carbocycles. The van der Waals surface area contributed by atoms with Crippen LogP contribution in [0.25, 0.3) is 27.6 Å². The van der Waals surface area contributed by atoms with E-state index in [4.69, 9.17) is 0 Å². The summed E-state index contributed by atoms with van der Waals surface area (Å²) < 4.78 is 39.7. The summed E-state index contributed by atoms with van der Waals surface area (Å²) in [6.45, 7) is 0. The van der Waals surface area contributed by atoms with Crippen LogP contribution in [0.1, 0.15) is 5.56 Å². The molecule has 120 valence electrons. The van der Waals surface area contributed by atoms with Crippen molar-refractivity contribution in [3.8, 4) is 5.69 Å². The smallest absolute Gasteiger partial charge is 0.288 e. The van der Waals surface area contributed by atoms with E-state index in [9.17, 15) is 18.0 Å². The van der Waals surface area contributed by atoms with E-state index >= 15 is 0 Å². The summed E-state index contributed by atoms with van der Waals surface area (Å²) in [6, 6.07) is 11.6. The molecule has 2 aromatic carbocycles. The summed E-state index contributed by atoms with van der Waals surface area (Å²) in [5, 5.41) is 11.4. The first-order valence-electron chi connectivity index (χ1n) is 6.99. The molecule has 0 aliphatic heterocycles. The molecule has 4 rings (SSSR count). The lowest BCUT2D eigenvalue weighted by Crippen LogP contribution is -2.16. The summed E-state index contributed by atoms with van der Waals surface area (Å²) in [7, 11) is 0. The molecule has 2 aromatic heterocycles. The highest BCUT2D eigenvalue weighted by atomic mass is 19.4. The average Bonchev–Trinajstić information content (AvgIpc) is 2.92. The Labute approximate surface area is 132 Å². The molecular formula is C16H9F3N4O. The summed E-state index contributed by atoms with van der Waals surface area (Å²) >= 11 is 0. The fraction of sp³-hybridized carbons (Fsp3) is 0.0625. The Bertz CT molecular complexity index is 1130. The van der Waals surface area contributed by atoms with E-state index in [1.54, 1.807) is 24.3 Å². The second kappa shape index (κ2) is 4.92. The van der Waals surface area contributed by atoms with Gasteiger partial charge >= 0.3 is 6.18 Å². The highest BCUT2D eigenvalue weighted by molar-refractivity contribution is 6.00. The van der Waals surface area contributed by atoms with Crippen LogP contribution in [-0.2, 0) is 6.18 Å². The van der Waals surface area contributed by atoms with Gasteiger partial charge in [0.1, 0.15) is 0 Å². The molecular weight excluding hydrogens is 321 g/mol. The van der Waals surface area contributed by atoms with Crippen LogP contribution < -0.4 is 5.56 Å². The average molecular weight is 330 g/mol. The molecule has 5 nitrogen and oxygen atoms in total. The molecule has 0 amide bonds. The fourth-order valence-corrected chi connectivity index (χ4v) is 2.59. The van der Waals surface area contributed by atoms with Crippen LogP contribution in [0.5, 0.6) is 0 Å². The molecule has 0 aliphatic carbocycles. The van der Waals surface area contributed by atoms with Gasteiger partial charge in [0.25, 0.3) is 5.56 Å². The first kappa shape index (κ1) is 14.4. The van der Waals surface area contributed by atoms with E-state index in [0.29, 0.717) is 16.4 Å². The van der Waals surface area contributed by atoms with Gasteiger partial charge in [0, 0.05) is 5.39 Å². The first-order chi connectivity index (χ1) is 11.4. The Morgan fingerprint density at radius 3 is 2.58 bits per heavy atom. The number of nitrogens with one attached hydrogen (secondary N) is 1. The number of benzene rings is 2. The number of aromatic nitrogens is 4. The quantitative estimate of drug-likeness (QED) is 0.582. The third-order valence-electron chi connectivity index (χ3n) is 3.73. The number of H-pyrrole nitrogens is 1. The van der Waals surface area contributed by atoms with E-state index < -0.39 is 17.3 Å². The van der Waals surface area contributed by atoms with Crippen LogP contribution in [0.3, 0.4) is 0 Å². The van der Waals surface area contributed by atoms with E-state index in [1.807, 2.05) is 0 Å². The molecule has 0 atom stereocenters. The van der Waals surface area contributed by atoms with Crippen molar-refractivity contribution in [3.05, 3.63) is 64.4 Å². The van der Waals surface area contributed by atoms with Crippen molar-refractivity contribution in [1.29, 1.82) is 0 Å². The zero-order valence-corrected chi connectivity index (χ0v) is 12.0. The lowest BCUT2D eigenvalue weighted by Gasteiger charge is -2.08. The van der Waals surface area contributed by atoms with Gasteiger partial charge in [0.05, 0.1) is 22.3 Å². The van der Waals surface area contributed by atoms with Gasteiger partial charge in [0.15, 0.2) is 5.52 Å². The molecule has 0 aliphatic rings. The molecule has 0 spiro atoms. The topological polar surface area (TPSA) is 63.6 Å². The lowest BCUT2D eigenvalue weighted by molar-refractivity contribution is -0.137. The van der Waals surface area contributed by atoms with Gasteiger partial charge in [-0.3, -0.25) is 9.89 Å². The molecule has 0 bridgehead atoms. The molecule has 8 heteroatoms. The van der Waals surface area contributed by atoms with Gasteiger partial charge in [-0.1, -0.05) is 24.3 Å². The van der Waals surface area contributed by atoms with E-state index in [-0.39, 0.29) is 11.2 Å². The van der Waals surface area contributed by atoms with E-state index in [0.717, 1.165) is 16.8 Å². The molecule has 1 N–H and O–H groups in total. The highest BCUT2D eigenvalue weighted by Gasteiger charge is 2.30. The Morgan fingerprint density at radius 2 is 1.79 bits per heavy atom. The third-order valence-corrected chi connectivity index (χ3v) is 3.73. The maximum absolute atomic E-state index is 12.9. The number of fused-ring (bicyclic) bond motifs is 3. The molecule has 0 fully saturated rings. The zero-order chi connectivity index (χ0) is 16.9. The van der Waals surface area contributed by atoms with E-state index in [1.165, 1.54) is 12.1 Å². The van der Waals surface area contributed by atoms with Crippen LogP contribution in [0.2, 0.25) is 0 Å². The third kappa shape index (κ3) is 2.15. The van der Waals surface area contributed by atoms with Crippen LogP contribution >= 0.6 is 0 Å². The number of halogens is 3. The Kier molecular flexibility index (Phi) is 2.96. The minimum Gasteiger partial charge on any atom is -0.288 e. The maximum Gasteiger partial charge on any atom is 0.416 e. The second-order valence-corrected chi connectivity index (χ2v) is 5.24. The maximum atomic E-state index is 12.9. The normalized spacial score (nSPS) is 12.1. The second-order valence-electron chi connectivity index (χ2n) is 5.24. The Morgan fingerprint density at radius 1 is 1.00 bits per heavy atom. The largest absolute Gasteiger partial charge is 0.416 e. The molecule has 0 unspecified atom stereocenters. The standard InChI is InChI=1S/C16H9F3N4O/c17-16(18,19)9-4-3-5-10(8-9)23-15(24)14-13(22-23)11-6-1-2-7-12(11)20-21-14/h1-8,22H. The SMILES string of the molecule is O=c1c2nnc3ccccc3c2[nH]n1-c1cccc(C(F)(F)F)c1. The number of hydrogen-bond donors (Lipinski definition) is 1.